The van der Waals surface area contributed by atoms with Gasteiger partial charge < -0.3 is 0 Å². The normalized spacial score (nSPS) is 22.6. The van der Waals surface area contributed by atoms with Crippen LogP contribution in [-0.2, 0) is 4.79 Å². The Morgan fingerprint density at radius 2 is 2.00 bits per heavy atom. The Hall–Kier alpha value is -2.53. The summed E-state index contributed by atoms with van der Waals surface area (Å²) in [6, 6.07) is 14.9. The van der Waals surface area contributed by atoms with Crippen molar-refractivity contribution in [3.8, 4) is 0 Å². The summed E-state index contributed by atoms with van der Waals surface area (Å²) in [6.45, 7) is 5.58. The van der Waals surface area contributed by atoms with Gasteiger partial charge in [-0.3, -0.25) is 9.69 Å². The van der Waals surface area contributed by atoms with Gasteiger partial charge in [-0.2, -0.15) is 5.10 Å². The molecule has 29 heavy (non-hydrogen) atoms. The number of carbonyl (C=O) groups excluding carboxylic acids is 1. The summed E-state index contributed by atoms with van der Waals surface area (Å²) in [5.41, 5.74) is 3.74. The van der Waals surface area contributed by atoms with Crippen LogP contribution in [0.3, 0.4) is 0 Å². The summed E-state index contributed by atoms with van der Waals surface area (Å²) in [4.78, 5) is 15.6. The number of rotatable bonds is 4. The van der Waals surface area contributed by atoms with Crippen molar-refractivity contribution in [3.63, 3.8) is 0 Å². The number of aryl methyl sites for hydroxylation is 1. The molecule has 1 fully saturated rings. The van der Waals surface area contributed by atoms with E-state index in [4.69, 9.17) is 5.10 Å². The van der Waals surface area contributed by atoms with Crippen LogP contribution in [0.15, 0.2) is 53.6 Å². The third kappa shape index (κ3) is 4.25. The molecule has 0 spiro atoms. The van der Waals surface area contributed by atoms with E-state index in [1.165, 1.54) is 18.6 Å². The molecule has 0 radical (unpaired) electrons. The average molecular weight is 394 g/mol. The number of amides is 1. The standard InChI is InChI=1S/C24H28FN3O/c1-17-8-3-4-12-21(17)23-15-22(19-10-7-11-20(25)14-19)26-28(23)24(29)16-27-13-6-5-9-18(27)2/h3-4,7-8,10-12,14,18,23H,5-6,9,13,15-16H2,1-2H3. The van der Waals surface area contributed by atoms with E-state index in [-0.39, 0.29) is 17.8 Å². The van der Waals surface area contributed by atoms with Crippen molar-refractivity contribution in [1.29, 1.82) is 0 Å². The van der Waals surface area contributed by atoms with E-state index in [1.807, 2.05) is 18.2 Å². The highest BCUT2D eigenvalue weighted by Gasteiger charge is 2.35. The van der Waals surface area contributed by atoms with Crippen LogP contribution in [0, 0.1) is 12.7 Å². The third-order valence-electron chi connectivity index (χ3n) is 6.15. The lowest BCUT2D eigenvalue weighted by molar-refractivity contribution is -0.135. The van der Waals surface area contributed by atoms with Crippen molar-refractivity contribution in [3.05, 3.63) is 71.0 Å². The average Bonchev–Trinajstić information content (AvgIpc) is 3.15. The summed E-state index contributed by atoms with van der Waals surface area (Å²) in [6.07, 6.45) is 4.09. The van der Waals surface area contributed by atoms with E-state index < -0.39 is 0 Å². The van der Waals surface area contributed by atoms with Gasteiger partial charge in [0.2, 0.25) is 0 Å². The summed E-state index contributed by atoms with van der Waals surface area (Å²) in [7, 11) is 0. The van der Waals surface area contributed by atoms with Crippen LogP contribution < -0.4 is 0 Å². The maximum absolute atomic E-state index is 13.8. The fourth-order valence-electron chi connectivity index (χ4n) is 4.42. The van der Waals surface area contributed by atoms with Gasteiger partial charge in [0.05, 0.1) is 18.3 Å². The summed E-state index contributed by atoms with van der Waals surface area (Å²) < 4.78 is 13.8. The van der Waals surface area contributed by atoms with Gasteiger partial charge >= 0.3 is 0 Å². The number of benzene rings is 2. The molecule has 2 unspecified atom stereocenters. The molecule has 2 aliphatic heterocycles. The molecule has 2 atom stereocenters. The molecule has 5 heteroatoms. The van der Waals surface area contributed by atoms with Gasteiger partial charge in [-0.05, 0) is 56.5 Å². The predicted octanol–water partition coefficient (Wildman–Crippen LogP) is 4.69. The van der Waals surface area contributed by atoms with Gasteiger partial charge in [0.15, 0.2) is 0 Å². The quantitative estimate of drug-likeness (QED) is 0.756. The Labute approximate surface area is 172 Å². The van der Waals surface area contributed by atoms with Crippen LogP contribution in [0.25, 0.3) is 0 Å². The molecule has 4 rings (SSSR count). The van der Waals surface area contributed by atoms with Crippen LogP contribution in [0.1, 0.15) is 55.3 Å². The Morgan fingerprint density at radius 1 is 1.17 bits per heavy atom. The van der Waals surface area contributed by atoms with E-state index >= 15 is 0 Å². The zero-order valence-corrected chi connectivity index (χ0v) is 17.1. The maximum Gasteiger partial charge on any atom is 0.257 e. The van der Waals surface area contributed by atoms with Gasteiger partial charge in [0.25, 0.3) is 5.91 Å². The molecule has 0 saturated carbocycles. The zero-order chi connectivity index (χ0) is 20.4. The Balaban J connectivity index is 1.63. The summed E-state index contributed by atoms with van der Waals surface area (Å²) >= 11 is 0. The largest absolute Gasteiger partial charge is 0.292 e. The molecule has 0 aromatic heterocycles. The lowest BCUT2D eigenvalue weighted by Crippen LogP contribution is -2.44. The fraction of sp³-hybridized carbons (Fsp3) is 0.417. The van der Waals surface area contributed by atoms with Crippen molar-refractivity contribution in [2.24, 2.45) is 5.10 Å². The van der Waals surface area contributed by atoms with Crippen LogP contribution >= 0.6 is 0 Å². The second-order valence-electron chi connectivity index (χ2n) is 8.19. The number of hydrazone groups is 1. The Morgan fingerprint density at radius 3 is 2.76 bits per heavy atom. The topological polar surface area (TPSA) is 35.9 Å². The van der Waals surface area contributed by atoms with Crippen molar-refractivity contribution in [1.82, 2.24) is 9.91 Å². The van der Waals surface area contributed by atoms with E-state index in [2.05, 4.69) is 30.9 Å². The first-order valence-corrected chi connectivity index (χ1v) is 10.5. The molecular formula is C24H28FN3O. The Kier molecular flexibility index (Phi) is 5.76. The van der Waals surface area contributed by atoms with Gasteiger partial charge in [0, 0.05) is 18.0 Å². The number of likely N-dealkylation sites (tertiary alicyclic amines) is 1. The zero-order valence-electron chi connectivity index (χ0n) is 17.1. The summed E-state index contributed by atoms with van der Waals surface area (Å²) in [5, 5.41) is 6.34. The van der Waals surface area contributed by atoms with Crippen LogP contribution in [0.2, 0.25) is 0 Å². The second kappa shape index (κ2) is 8.46. The molecule has 4 nitrogen and oxygen atoms in total. The van der Waals surface area contributed by atoms with Crippen molar-refractivity contribution in [2.75, 3.05) is 13.1 Å². The molecule has 2 aliphatic rings. The van der Waals surface area contributed by atoms with Crippen molar-refractivity contribution < 1.29 is 9.18 Å². The van der Waals surface area contributed by atoms with E-state index in [0.717, 1.165) is 41.8 Å². The predicted molar refractivity (Wildman–Crippen MR) is 113 cm³/mol. The molecule has 152 valence electrons. The monoisotopic (exact) mass is 393 g/mol. The van der Waals surface area contributed by atoms with Crippen LogP contribution in [-0.4, -0.2) is 40.7 Å². The molecule has 1 saturated heterocycles. The first-order chi connectivity index (χ1) is 14.0. The van der Waals surface area contributed by atoms with Gasteiger partial charge in [0.1, 0.15) is 5.82 Å². The number of carbonyl (C=O) groups is 1. The first-order valence-electron chi connectivity index (χ1n) is 10.5. The van der Waals surface area contributed by atoms with Crippen molar-refractivity contribution >= 4 is 11.6 Å². The number of hydrogen-bond acceptors (Lipinski definition) is 3. The molecular weight excluding hydrogens is 365 g/mol. The maximum atomic E-state index is 13.8. The highest BCUT2D eigenvalue weighted by Crippen LogP contribution is 2.34. The lowest BCUT2D eigenvalue weighted by atomic mass is 9.95. The number of hydrogen-bond donors (Lipinski definition) is 0. The minimum atomic E-state index is -0.287. The van der Waals surface area contributed by atoms with Gasteiger partial charge in [-0.1, -0.05) is 42.8 Å². The smallest absolute Gasteiger partial charge is 0.257 e. The molecule has 0 aliphatic carbocycles. The highest BCUT2D eigenvalue weighted by molar-refractivity contribution is 6.03. The molecule has 0 N–H and O–H groups in total. The fourth-order valence-corrected chi connectivity index (χ4v) is 4.42. The van der Waals surface area contributed by atoms with Gasteiger partial charge in [-0.25, -0.2) is 9.40 Å². The third-order valence-corrected chi connectivity index (χ3v) is 6.15. The van der Waals surface area contributed by atoms with Crippen LogP contribution in [0.4, 0.5) is 4.39 Å². The number of halogens is 1. The highest BCUT2D eigenvalue weighted by atomic mass is 19.1. The number of piperidine rings is 1. The number of nitrogens with zero attached hydrogens (tertiary/aromatic N) is 3. The SMILES string of the molecule is Cc1ccccc1C1CC(c2cccc(F)c2)=NN1C(=O)CN1CCCCC1C. The molecule has 2 heterocycles. The van der Waals surface area contributed by atoms with Gasteiger partial charge in [-0.15, -0.1) is 0 Å². The molecule has 2 aromatic carbocycles. The van der Waals surface area contributed by atoms with Crippen molar-refractivity contribution in [2.45, 2.75) is 51.6 Å². The van der Waals surface area contributed by atoms with E-state index in [1.54, 1.807) is 11.1 Å². The molecule has 2 aromatic rings. The molecule has 0 bridgehead atoms. The second-order valence-corrected chi connectivity index (χ2v) is 8.19. The molecule has 1 amide bonds. The van der Waals surface area contributed by atoms with E-state index in [9.17, 15) is 9.18 Å². The first kappa shape index (κ1) is 19.8. The van der Waals surface area contributed by atoms with Crippen LogP contribution in [0.5, 0.6) is 0 Å². The summed E-state index contributed by atoms with van der Waals surface area (Å²) in [5.74, 6) is -0.275. The Bertz CT molecular complexity index is 926. The lowest BCUT2D eigenvalue weighted by Gasteiger charge is -2.34. The minimum absolute atomic E-state index is 0.0124. The minimum Gasteiger partial charge on any atom is -0.292 e. The van der Waals surface area contributed by atoms with E-state index in [0.29, 0.717) is 19.0 Å².